The molecule has 0 unspecified atom stereocenters. The maximum atomic E-state index is 12.3. The predicted molar refractivity (Wildman–Crippen MR) is 132 cm³/mol. The SMILES string of the molecule is COC(=O)c1ccc(-c2cc(C)c3sc(CCC(=O)/C=C/c4ccc(N)nc4)cc3c2)nc1. The summed E-state index contributed by atoms with van der Waals surface area (Å²) in [6, 6.07) is 13.4. The second kappa shape index (κ2) is 9.75. The molecule has 0 aliphatic heterocycles. The number of fused-ring (bicyclic) bond motifs is 1. The number of benzene rings is 1. The highest BCUT2D eigenvalue weighted by Gasteiger charge is 2.11. The molecular weight excluding hydrogens is 434 g/mol. The van der Waals surface area contributed by atoms with Crippen molar-refractivity contribution in [2.45, 2.75) is 19.8 Å². The lowest BCUT2D eigenvalue weighted by Gasteiger charge is -2.05. The molecule has 3 aromatic heterocycles. The van der Waals surface area contributed by atoms with Gasteiger partial charge in [-0.05, 0) is 84.5 Å². The van der Waals surface area contributed by atoms with Crippen molar-refractivity contribution in [3.63, 3.8) is 0 Å². The first kappa shape index (κ1) is 22.4. The Morgan fingerprint density at radius 2 is 1.94 bits per heavy atom. The van der Waals surface area contributed by atoms with E-state index in [1.54, 1.807) is 41.8 Å². The summed E-state index contributed by atoms with van der Waals surface area (Å²) >= 11 is 1.71. The fourth-order valence-electron chi connectivity index (χ4n) is 3.49. The fourth-order valence-corrected chi connectivity index (χ4v) is 4.60. The molecule has 33 heavy (non-hydrogen) atoms. The van der Waals surface area contributed by atoms with E-state index in [0.717, 1.165) is 32.6 Å². The van der Waals surface area contributed by atoms with Gasteiger partial charge in [0.2, 0.25) is 0 Å². The van der Waals surface area contributed by atoms with Gasteiger partial charge in [-0.1, -0.05) is 0 Å². The first-order chi connectivity index (χ1) is 15.9. The van der Waals surface area contributed by atoms with Crippen molar-refractivity contribution >= 4 is 45.1 Å². The lowest BCUT2D eigenvalue weighted by Crippen LogP contribution is -2.01. The Balaban J connectivity index is 1.46. The molecule has 0 aliphatic rings. The van der Waals surface area contributed by atoms with E-state index in [2.05, 4.69) is 35.1 Å². The van der Waals surface area contributed by atoms with E-state index in [4.69, 9.17) is 10.5 Å². The van der Waals surface area contributed by atoms with Crippen LogP contribution in [0.1, 0.15) is 32.8 Å². The number of aromatic nitrogens is 2. The zero-order valence-electron chi connectivity index (χ0n) is 18.4. The Morgan fingerprint density at radius 3 is 2.64 bits per heavy atom. The third-order valence-electron chi connectivity index (χ3n) is 5.22. The zero-order valence-corrected chi connectivity index (χ0v) is 19.2. The van der Waals surface area contributed by atoms with Gasteiger partial charge in [0, 0.05) is 34.0 Å². The summed E-state index contributed by atoms with van der Waals surface area (Å²) in [6.45, 7) is 2.07. The second-order valence-corrected chi connectivity index (χ2v) is 8.80. The molecule has 0 radical (unpaired) electrons. The van der Waals surface area contributed by atoms with Crippen LogP contribution >= 0.6 is 11.3 Å². The average Bonchev–Trinajstić information content (AvgIpc) is 3.26. The van der Waals surface area contributed by atoms with Gasteiger partial charge in [0.25, 0.3) is 0 Å². The van der Waals surface area contributed by atoms with Gasteiger partial charge in [0.05, 0.1) is 18.4 Å². The van der Waals surface area contributed by atoms with Gasteiger partial charge in [-0.25, -0.2) is 9.78 Å². The fraction of sp³-hybridized carbons (Fsp3) is 0.154. The van der Waals surface area contributed by atoms with Gasteiger partial charge in [0.15, 0.2) is 5.78 Å². The van der Waals surface area contributed by atoms with Crippen molar-refractivity contribution < 1.29 is 14.3 Å². The van der Waals surface area contributed by atoms with Gasteiger partial charge >= 0.3 is 5.97 Å². The molecule has 6 nitrogen and oxygen atoms in total. The number of nitrogens with two attached hydrogens (primary N) is 1. The van der Waals surface area contributed by atoms with Crippen molar-refractivity contribution in [3.8, 4) is 11.3 Å². The van der Waals surface area contributed by atoms with E-state index in [9.17, 15) is 9.59 Å². The lowest BCUT2D eigenvalue weighted by atomic mass is 10.0. The number of allylic oxidation sites excluding steroid dienone is 1. The number of carbonyl (C=O) groups is 2. The minimum absolute atomic E-state index is 0.0663. The molecule has 0 fully saturated rings. The first-order valence-electron chi connectivity index (χ1n) is 10.4. The van der Waals surface area contributed by atoms with Crippen LogP contribution < -0.4 is 5.73 Å². The molecule has 1 aromatic carbocycles. The van der Waals surface area contributed by atoms with E-state index in [1.807, 2.05) is 12.1 Å². The number of carbonyl (C=O) groups excluding carboxylic acids is 2. The molecule has 0 amide bonds. The van der Waals surface area contributed by atoms with Crippen LogP contribution in [0.5, 0.6) is 0 Å². The minimum atomic E-state index is -0.405. The Labute approximate surface area is 195 Å². The zero-order chi connectivity index (χ0) is 23.4. The summed E-state index contributed by atoms with van der Waals surface area (Å²) in [4.78, 5) is 33.5. The number of aryl methyl sites for hydroxylation is 2. The standard InChI is InChI=1S/C26H23N3O3S/c1-16-11-19(23-9-5-18(15-28-23)26(31)32-2)12-20-13-22(33-25(16)20)8-7-21(30)6-3-17-4-10-24(27)29-14-17/h3-6,9-15H,7-8H2,1-2H3,(H2,27,29)/b6-3+. The number of anilines is 1. The summed E-state index contributed by atoms with van der Waals surface area (Å²) in [5.74, 6) is 0.116. The molecule has 0 aliphatic carbocycles. The first-order valence-corrected chi connectivity index (χ1v) is 11.2. The monoisotopic (exact) mass is 457 g/mol. The number of ether oxygens (including phenoxy) is 1. The molecule has 3 heterocycles. The Hall–Kier alpha value is -3.84. The van der Waals surface area contributed by atoms with Gasteiger partial charge in [0.1, 0.15) is 5.82 Å². The number of thiophene rings is 1. The third kappa shape index (κ3) is 5.32. The number of hydrogen-bond donors (Lipinski definition) is 1. The highest BCUT2D eigenvalue weighted by molar-refractivity contribution is 7.19. The second-order valence-electron chi connectivity index (χ2n) is 7.66. The molecular formula is C26H23N3O3S. The Kier molecular flexibility index (Phi) is 6.60. The van der Waals surface area contributed by atoms with Gasteiger partial charge in [-0.3, -0.25) is 9.78 Å². The number of hydrogen-bond acceptors (Lipinski definition) is 7. The smallest absolute Gasteiger partial charge is 0.339 e. The van der Waals surface area contributed by atoms with E-state index in [0.29, 0.717) is 24.2 Å². The summed E-state index contributed by atoms with van der Waals surface area (Å²) in [5.41, 5.74) is 9.77. The Bertz CT molecular complexity index is 1340. The topological polar surface area (TPSA) is 95.2 Å². The van der Waals surface area contributed by atoms with Crippen LogP contribution in [0.2, 0.25) is 0 Å². The largest absolute Gasteiger partial charge is 0.465 e. The number of nitrogen functional groups attached to an aromatic ring is 1. The normalized spacial score (nSPS) is 11.2. The predicted octanol–water partition coefficient (Wildman–Crippen LogP) is 5.25. The van der Waals surface area contributed by atoms with E-state index in [-0.39, 0.29) is 5.78 Å². The summed E-state index contributed by atoms with van der Waals surface area (Å²) < 4.78 is 5.93. The van der Waals surface area contributed by atoms with Crippen LogP contribution in [0.15, 0.2) is 60.9 Å². The molecule has 7 heteroatoms. The van der Waals surface area contributed by atoms with E-state index in [1.165, 1.54) is 18.0 Å². The molecule has 0 saturated carbocycles. The summed E-state index contributed by atoms with van der Waals surface area (Å²) in [5, 5.41) is 1.12. The Morgan fingerprint density at radius 1 is 1.09 bits per heavy atom. The molecule has 2 N–H and O–H groups in total. The summed E-state index contributed by atoms with van der Waals surface area (Å²) in [7, 11) is 1.35. The molecule has 4 rings (SSSR count). The van der Waals surface area contributed by atoms with E-state index < -0.39 is 5.97 Å². The lowest BCUT2D eigenvalue weighted by molar-refractivity contribution is -0.114. The maximum Gasteiger partial charge on any atom is 0.339 e. The summed E-state index contributed by atoms with van der Waals surface area (Å²) in [6.07, 6.45) is 7.64. The van der Waals surface area contributed by atoms with Crippen molar-refractivity contribution in [3.05, 3.63) is 82.5 Å². The number of nitrogens with zero attached hydrogens (tertiary/aromatic N) is 2. The number of methoxy groups -OCH3 is 1. The van der Waals surface area contributed by atoms with Crippen LogP contribution in [-0.4, -0.2) is 28.8 Å². The molecule has 4 aromatic rings. The van der Waals surface area contributed by atoms with Crippen molar-refractivity contribution in [2.24, 2.45) is 0 Å². The molecule has 0 atom stereocenters. The van der Waals surface area contributed by atoms with Crippen LogP contribution in [0.25, 0.3) is 27.4 Å². The van der Waals surface area contributed by atoms with Gasteiger partial charge in [-0.2, -0.15) is 0 Å². The van der Waals surface area contributed by atoms with Crippen LogP contribution in [0, 0.1) is 6.92 Å². The van der Waals surface area contributed by atoms with Crippen molar-refractivity contribution in [2.75, 3.05) is 12.8 Å². The highest BCUT2D eigenvalue weighted by Crippen LogP contribution is 2.33. The number of rotatable bonds is 7. The minimum Gasteiger partial charge on any atom is -0.465 e. The maximum absolute atomic E-state index is 12.3. The van der Waals surface area contributed by atoms with Gasteiger partial charge < -0.3 is 10.5 Å². The number of ketones is 1. The number of pyridine rings is 2. The number of esters is 1. The molecule has 166 valence electrons. The molecule has 0 spiro atoms. The molecule has 0 bridgehead atoms. The highest BCUT2D eigenvalue weighted by atomic mass is 32.1. The molecule has 0 saturated heterocycles. The van der Waals surface area contributed by atoms with E-state index >= 15 is 0 Å². The average molecular weight is 458 g/mol. The van der Waals surface area contributed by atoms with Crippen LogP contribution in [0.3, 0.4) is 0 Å². The van der Waals surface area contributed by atoms with Crippen LogP contribution in [0.4, 0.5) is 5.82 Å². The van der Waals surface area contributed by atoms with Crippen LogP contribution in [-0.2, 0) is 16.0 Å². The van der Waals surface area contributed by atoms with Crippen molar-refractivity contribution in [1.82, 2.24) is 9.97 Å². The third-order valence-corrected chi connectivity index (χ3v) is 6.57. The quantitative estimate of drug-likeness (QED) is 0.301. The van der Waals surface area contributed by atoms with Gasteiger partial charge in [-0.15, -0.1) is 11.3 Å². The van der Waals surface area contributed by atoms with Crippen molar-refractivity contribution in [1.29, 1.82) is 0 Å².